The number of amides is 2. The normalized spacial score (nSPS) is 16.8. The lowest BCUT2D eigenvalue weighted by molar-refractivity contribution is -0.122. The molecule has 2 aromatic carbocycles. The van der Waals surface area contributed by atoms with Crippen molar-refractivity contribution in [3.05, 3.63) is 54.1 Å². The fraction of sp³-hybridized carbons (Fsp3) is 0.333. The number of benzene rings is 2. The molecule has 136 valence electrons. The van der Waals surface area contributed by atoms with Gasteiger partial charge in [-0.1, -0.05) is 24.3 Å². The summed E-state index contributed by atoms with van der Waals surface area (Å²) >= 11 is 0. The molecule has 0 spiro atoms. The average molecular weight is 352 g/mol. The Morgan fingerprint density at radius 3 is 2.69 bits per heavy atom. The average Bonchev–Trinajstić information content (AvgIpc) is 2.97. The van der Waals surface area contributed by atoms with Gasteiger partial charge >= 0.3 is 0 Å². The molecule has 1 saturated heterocycles. The highest BCUT2D eigenvalue weighted by Crippen LogP contribution is 2.34. The standard InChI is InChI=1S/C21H24N2O3/c1-14(2)26-19-10-5-4-9-18(19)23-13-16(12-20(23)24)21(25)22-17-8-6-7-15(3)11-17/h4-11,14,16H,12-13H2,1-3H3,(H,22,25). The number of rotatable bonds is 5. The highest BCUT2D eigenvalue weighted by molar-refractivity contribution is 6.04. The number of carbonyl (C=O) groups excluding carboxylic acids is 2. The largest absolute Gasteiger partial charge is 0.489 e. The molecule has 5 nitrogen and oxygen atoms in total. The van der Waals surface area contributed by atoms with Crippen LogP contribution in [0.15, 0.2) is 48.5 Å². The fourth-order valence-electron chi connectivity index (χ4n) is 3.12. The Morgan fingerprint density at radius 1 is 1.19 bits per heavy atom. The summed E-state index contributed by atoms with van der Waals surface area (Å²) in [5.74, 6) is 0.0913. The van der Waals surface area contributed by atoms with Crippen LogP contribution < -0.4 is 15.0 Å². The van der Waals surface area contributed by atoms with E-state index in [2.05, 4.69) is 5.32 Å². The number of nitrogens with one attached hydrogen (secondary N) is 1. The predicted octanol–water partition coefficient (Wildman–Crippen LogP) is 3.77. The SMILES string of the molecule is Cc1cccc(NC(=O)C2CC(=O)N(c3ccccc3OC(C)C)C2)c1. The zero-order valence-corrected chi connectivity index (χ0v) is 15.4. The summed E-state index contributed by atoms with van der Waals surface area (Å²) in [5, 5.41) is 2.92. The van der Waals surface area contributed by atoms with E-state index < -0.39 is 0 Å². The van der Waals surface area contributed by atoms with E-state index in [1.807, 2.05) is 69.3 Å². The molecule has 0 saturated carbocycles. The predicted molar refractivity (Wildman–Crippen MR) is 102 cm³/mol. The van der Waals surface area contributed by atoms with Gasteiger partial charge in [0, 0.05) is 18.7 Å². The van der Waals surface area contributed by atoms with Crippen LogP contribution in [0, 0.1) is 12.8 Å². The summed E-state index contributed by atoms with van der Waals surface area (Å²) in [6.45, 7) is 6.22. The Bertz CT molecular complexity index is 816. The zero-order chi connectivity index (χ0) is 18.7. The van der Waals surface area contributed by atoms with Crippen molar-refractivity contribution in [1.82, 2.24) is 0 Å². The maximum atomic E-state index is 12.6. The summed E-state index contributed by atoms with van der Waals surface area (Å²) < 4.78 is 5.82. The molecule has 1 atom stereocenters. The molecule has 0 aromatic heterocycles. The number of para-hydroxylation sites is 2. The molecule has 2 amide bonds. The second-order valence-corrected chi connectivity index (χ2v) is 6.90. The molecule has 1 fully saturated rings. The third-order valence-electron chi connectivity index (χ3n) is 4.30. The second kappa shape index (κ2) is 7.60. The number of hydrogen-bond acceptors (Lipinski definition) is 3. The Balaban J connectivity index is 1.74. The lowest BCUT2D eigenvalue weighted by Gasteiger charge is -2.21. The van der Waals surface area contributed by atoms with Crippen molar-refractivity contribution < 1.29 is 14.3 Å². The smallest absolute Gasteiger partial charge is 0.229 e. The molecule has 5 heteroatoms. The van der Waals surface area contributed by atoms with Crippen molar-refractivity contribution in [3.63, 3.8) is 0 Å². The fourth-order valence-corrected chi connectivity index (χ4v) is 3.12. The first-order valence-electron chi connectivity index (χ1n) is 8.87. The molecule has 1 heterocycles. The van der Waals surface area contributed by atoms with E-state index in [4.69, 9.17) is 4.74 Å². The maximum Gasteiger partial charge on any atom is 0.229 e. The summed E-state index contributed by atoms with van der Waals surface area (Å²) in [5.41, 5.74) is 2.55. The number of ether oxygens (including phenoxy) is 1. The highest BCUT2D eigenvalue weighted by atomic mass is 16.5. The topological polar surface area (TPSA) is 58.6 Å². The molecule has 0 aliphatic carbocycles. The van der Waals surface area contributed by atoms with Gasteiger partial charge in [0.05, 0.1) is 17.7 Å². The second-order valence-electron chi connectivity index (χ2n) is 6.90. The van der Waals surface area contributed by atoms with E-state index in [9.17, 15) is 9.59 Å². The lowest BCUT2D eigenvalue weighted by atomic mass is 10.1. The molecule has 0 radical (unpaired) electrons. The van der Waals surface area contributed by atoms with Crippen LogP contribution in [0.5, 0.6) is 5.75 Å². The number of carbonyl (C=O) groups is 2. The van der Waals surface area contributed by atoms with Gasteiger partial charge in [0.15, 0.2) is 0 Å². The first-order chi connectivity index (χ1) is 12.4. The van der Waals surface area contributed by atoms with Crippen LogP contribution in [-0.2, 0) is 9.59 Å². The van der Waals surface area contributed by atoms with Crippen molar-refractivity contribution in [3.8, 4) is 5.75 Å². The molecule has 2 aromatic rings. The minimum atomic E-state index is -0.380. The van der Waals surface area contributed by atoms with Crippen molar-refractivity contribution in [1.29, 1.82) is 0 Å². The first kappa shape index (κ1) is 18.0. The first-order valence-corrected chi connectivity index (χ1v) is 8.87. The third-order valence-corrected chi connectivity index (χ3v) is 4.30. The molecule has 1 N–H and O–H groups in total. The maximum absolute atomic E-state index is 12.6. The highest BCUT2D eigenvalue weighted by Gasteiger charge is 2.36. The number of aryl methyl sites for hydroxylation is 1. The van der Waals surface area contributed by atoms with E-state index in [1.165, 1.54) is 0 Å². The van der Waals surface area contributed by atoms with Gasteiger partial charge in [0.1, 0.15) is 5.75 Å². The molecule has 0 bridgehead atoms. The van der Waals surface area contributed by atoms with Crippen LogP contribution in [0.2, 0.25) is 0 Å². The minimum Gasteiger partial charge on any atom is -0.489 e. The van der Waals surface area contributed by atoms with Crippen LogP contribution in [0.4, 0.5) is 11.4 Å². The Morgan fingerprint density at radius 2 is 1.96 bits per heavy atom. The van der Waals surface area contributed by atoms with Crippen molar-refractivity contribution >= 4 is 23.2 Å². The van der Waals surface area contributed by atoms with Gasteiger partial charge in [-0.15, -0.1) is 0 Å². The van der Waals surface area contributed by atoms with E-state index >= 15 is 0 Å². The van der Waals surface area contributed by atoms with Crippen LogP contribution in [0.25, 0.3) is 0 Å². The number of hydrogen-bond donors (Lipinski definition) is 1. The lowest BCUT2D eigenvalue weighted by Crippen LogP contribution is -2.28. The van der Waals surface area contributed by atoms with Gasteiger partial charge in [0.25, 0.3) is 0 Å². The molecule has 3 rings (SSSR count). The van der Waals surface area contributed by atoms with E-state index in [-0.39, 0.29) is 30.3 Å². The van der Waals surface area contributed by atoms with Gasteiger partial charge in [-0.25, -0.2) is 0 Å². The van der Waals surface area contributed by atoms with Crippen molar-refractivity contribution in [2.24, 2.45) is 5.92 Å². The van der Waals surface area contributed by atoms with Gasteiger partial charge in [-0.2, -0.15) is 0 Å². The number of nitrogens with zero attached hydrogens (tertiary/aromatic N) is 1. The Kier molecular flexibility index (Phi) is 5.26. The molecular formula is C21H24N2O3. The van der Waals surface area contributed by atoms with Crippen molar-refractivity contribution in [2.45, 2.75) is 33.3 Å². The summed E-state index contributed by atoms with van der Waals surface area (Å²) in [6.07, 6.45) is 0.211. The van der Waals surface area contributed by atoms with Gasteiger partial charge in [0.2, 0.25) is 11.8 Å². The quantitative estimate of drug-likeness (QED) is 0.891. The summed E-state index contributed by atoms with van der Waals surface area (Å²) in [7, 11) is 0. The summed E-state index contributed by atoms with van der Waals surface area (Å²) in [6, 6.07) is 15.1. The Labute approximate surface area is 154 Å². The van der Waals surface area contributed by atoms with Gasteiger partial charge in [-0.3, -0.25) is 9.59 Å². The van der Waals surface area contributed by atoms with Crippen molar-refractivity contribution in [2.75, 3.05) is 16.8 Å². The zero-order valence-electron chi connectivity index (χ0n) is 15.4. The monoisotopic (exact) mass is 352 g/mol. The molecule has 1 aliphatic rings. The molecule has 1 aliphatic heterocycles. The van der Waals surface area contributed by atoms with E-state index in [0.29, 0.717) is 12.3 Å². The third kappa shape index (κ3) is 4.04. The summed E-state index contributed by atoms with van der Waals surface area (Å²) in [4.78, 5) is 26.8. The van der Waals surface area contributed by atoms with E-state index in [0.717, 1.165) is 16.9 Å². The number of anilines is 2. The van der Waals surface area contributed by atoms with Crippen LogP contribution in [0.1, 0.15) is 25.8 Å². The minimum absolute atomic E-state index is 0.00858. The molecular weight excluding hydrogens is 328 g/mol. The van der Waals surface area contributed by atoms with E-state index in [1.54, 1.807) is 4.90 Å². The van der Waals surface area contributed by atoms with Crippen LogP contribution >= 0.6 is 0 Å². The molecule has 1 unspecified atom stereocenters. The van der Waals surface area contributed by atoms with Gasteiger partial charge in [-0.05, 0) is 50.6 Å². The van der Waals surface area contributed by atoms with Crippen LogP contribution in [0.3, 0.4) is 0 Å². The van der Waals surface area contributed by atoms with Crippen LogP contribution in [-0.4, -0.2) is 24.5 Å². The molecule has 26 heavy (non-hydrogen) atoms. The van der Waals surface area contributed by atoms with Gasteiger partial charge < -0.3 is 15.0 Å². The Hall–Kier alpha value is -2.82.